The van der Waals surface area contributed by atoms with Crippen molar-refractivity contribution in [3.05, 3.63) is 29.8 Å². The number of aliphatic hydroxyl groups is 1. The van der Waals surface area contributed by atoms with Crippen LogP contribution in [0.5, 0.6) is 5.75 Å². The number of ether oxygens (including phenoxy) is 1. The highest BCUT2D eigenvalue weighted by Gasteiger charge is 2.05. The first-order chi connectivity index (χ1) is 9.26. The van der Waals surface area contributed by atoms with E-state index in [1.165, 1.54) is 0 Å². The van der Waals surface area contributed by atoms with Gasteiger partial charge in [0.25, 0.3) is 0 Å². The second kappa shape index (κ2) is 8.99. The number of hydrogen-bond acceptors (Lipinski definition) is 4. The minimum absolute atomic E-state index is 0.191. The highest BCUT2D eigenvalue weighted by atomic mass is 16.5. The number of rotatable bonds is 8. The van der Waals surface area contributed by atoms with Gasteiger partial charge in [0.15, 0.2) is 0 Å². The molecule has 0 spiro atoms. The average molecular weight is 258 g/mol. The van der Waals surface area contributed by atoms with Gasteiger partial charge < -0.3 is 15.2 Å². The van der Waals surface area contributed by atoms with E-state index >= 15 is 0 Å². The van der Waals surface area contributed by atoms with Gasteiger partial charge in [0.2, 0.25) is 0 Å². The molecule has 0 saturated heterocycles. The van der Waals surface area contributed by atoms with E-state index in [0.717, 1.165) is 19.4 Å². The number of hydrogen-bond donors (Lipinski definition) is 2. The minimum Gasteiger partial charge on any atom is -0.491 e. The molecular weight excluding hydrogens is 240 g/mol. The lowest BCUT2D eigenvalue weighted by Crippen LogP contribution is -2.32. The third kappa shape index (κ3) is 6.47. The first-order valence-corrected chi connectivity index (χ1v) is 6.21. The molecule has 1 rings (SSSR count). The van der Waals surface area contributed by atoms with Crippen LogP contribution in [0.4, 0.5) is 0 Å². The summed E-state index contributed by atoms with van der Waals surface area (Å²) in [6, 6.07) is 8.89. The molecule has 4 nitrogen and oxygen atoms in total. The molecule has 0 saturated carbocycles. The average Bonchev–Trinajstić information content (AvgIpc) is 2.45. The highest BCUT2D eigenvalue weighted by Crippen LogP contribution is 2.12. The van der Waals surface area contributed by atoms with Gasteiger partial charge in [-0.05, 0) is 31.2 Å². The zero-order valence-corrected chi connectivity index (χ0v) is 10.8. The molecule has 0 bridgehead atoms. The van der Waals surface area contributed by atoms with Gasteiger partial charge in [-0.15, -0.1) is 12.3 Å². The summed E-state index contributed by atoms with van der Waals surface area (Å²) >= 11 is 0. The molecule has 1 atom stereocenters. The van der Waals surface area contributed by atoms with Gasteiger partial charge in [0, 0.05) is 13.0 Å². The Morgan fingerprint density at radius 1 is 1.47 bits per heavy atom. The molecule has 1 aromatic rings. The summed E-state index contributed by atoms with van der Waals surface area (Å²) in [7, 11) is 0. The first-order valence-electron chi connectivity index (χ1n) is 6.21. The molecule has 4 heteroatoms. The number of terminal acetylenes is 1. The summed E-state index contributed by atoms with van der Waals surface area (Å²) in [5, 5.41) is 21.5. The highest BCUT2D eigenvalue weighted by molar-refractivity contribution is 5.36. The van der Waals surface area contributed by atoms with Crippen LogP contribution < -0.4 is 10.1 Å². The summed E-state index contributed by atoms with van der Waals surface area (Å²) in [6.07, 6.45) is 6.18. The minimum atomic E-state index is -0.587. The fourth-order valence-electron chi connectivity index (χ4n) is 1.49. The standard InChI is InChI=1S/C15H18N2O2/c1-2-3-4-8-17-11-14(18)12-19-15-7-5-6-13(9-15)10-16/h1,5-7,9,14,17-18H,3-4,8,11-12H2. The van der Waals surface area contributed by atoms with Crippen molar-refractivity contribution in [2.75, 3.05) is 19.7 Å². The molecular formula is C15H18N2O2. The maximum Gasteiger partial charge on any atom is 0.120 e. The zero-order chi connectivity index (χ0) is 13.9. The monoisotopic (exact) mass is 258 g/mol. The Morgan fingerprint density at radius 2 is 2.32 bits per heavy atom. The predicted molar refractivity (Wildman–Crippen MR) is 73.6 cm³/mol. The van der Waals surface area contributed by atoms with Crippen molar-refractivity contribution in [3.63, 3.8) is 0 Å². The molecule has 1 aromatic carbocycles. The second-order valence-corrected chi connectivity index (χ2v) is 4.12. The predicted octanol–water partition coefficient (Wildman–Crippen LogP) is 1.30. The van der Waals surface area contributed by atoms with Crippen LogP contribution in [-0.2, 0) is 0 Å². The number of nitrogens with zero attached hydrogens (tertiary/aromatic N) is 1. The van der Waals surface area contributed by atoms with Crippen LogP contribution >= 0.6 is 0 Å². The van der Waals surface area contributed by atoms with E-state index in [4.69, 9.17) is 16.4 Å². The van der Waals surface area contributed by atoms with Crippen LogP contribution in [0.25, 0.3) is 0 Å². The molecule has 100 valence electrons. The third-order valence-corrected chi connectivity index (χ3v) is 2.46. The molecule has 0 aliphatic carbocycles. The van der Waals surface area contributed by atoms with E-state index in [2.05, 4.69) is 11.2 Å². The Balaban J connectivity index is 2.21. The van der Waals surface area contributed by atoms with Gasteiger partial charge in [0.05, 0.1) is 11.6 Å². The molecule has 0 aliphatic rings. The van der Waals surface area contributed by atoms with Crippen molar-refractivity contribution in [2.24, 2.45) is 0 Å². The van der Waals surface area contributed by atoms with Crippen LogP contribution in [-0.4, -0.2) is 30.9 Å². The number of unbranched alkanes of at least 4 members (excludes halogenated alkanes) is 1. The fraction of sp³-hybridized carbons (Fsp3) is 0.400. The number of benzene rings is 1. The zero-order valence-electron chi connectivity index (χ0n) is 10.8. The summed E-state index contributed by atoms with van der Waals surface area (Å²) in [6.45, 7) is 1.44. The van der Waals surface area contributed by atoms with Gasteiger partial charge in [-0.3, -0.25) is 0 Å². The van der Waals surface area contributed by atoms with Gasteiger partial charge in [-0.2, -0.15) is 5.26 Å². The van der Waals surface area contributed by atoms with Gasteiger partial charge >= 0.3 is 0 Å². The maximum atomic E-state index is 9.70. The quantitative estimate of drug-likeness (QED) is 0.545. The summed E-state index contributed by atoms with van der Waals surface area (Å²) in [4.78, 5) is 0. The van der Waals surface area contributed by atoms with Crippen molar-refractivity contribution in [3.8, 4) is 24.2 Å². The lowest BCUT2D eigenvalue weighted by molar-refractivity contribution is 0.106. The van der Waals surface area contributed by atoms with Crippen molar-refractivity contribution >= 4 is 0 Å². The SMILES string of the molecule is C#CCCCNCC(O)COc1cccc(C#N)c1. The van der Waals surface area contributed by atoms with Crippen molar-refractivity contribution in [2.45, 2.75) is 18.9 Å². The van der Waals surface area contributed by atoms with Gasteiger partial charge in [-0.25, -0.2) is 0 Å². The summed E-state index contributed by atoms with van der Waals surface area (Å²) in [5.41, 5.74) is 0.541. The van der Waals surface area contributed by atoms with Crippen molar-refractivity contribution < 1.29 is 9.84 Å². The Bertz CT molecular complexity index is 460. The first kappa shape index (κ1) is 15.0. The maximum absolute atomic E-state index is 9.70. The third-order valence-electron chi connectivity index (χ3n) is 2.46. The molecule has 19 heavy (non-hydrogen) atoms. The Morgan fingerprint density at radius 3 is 3.05 bits per heavy atom. The fourth-order valence-corrected chi connectivity index (χ4v) is 1.49. The second-order valence-electron chi connectivity index (χ2n) is 4.12. The normalized spacial score (nSPS) is 11.3. The van der Waals surface area contributed by atoms with Gasteiger partial charge in [0.1, 0.15) is 18.5 Å². The van der Waals surface area contributed by atoms with Crippen LogP contribution in [0, 0.1) is 23.7 Å². The molecule has 2 N–H and O–H groups in total. The van der Waals surface area contributed by atoms with Crippen LogP contribution in [0.1, 0.15) is 18.4 Å². The van der Waals surface area contributed by atoms with E-state index in [9.17, 15) is 5.11 Å². The smallest absolute Gasteiger partial charge is 0.120 e. The lowest BCUT2D eigenvalue weighted by Gasteiger charge is -2.13. The largest absolute Gasteiger partial charge is 0.491 e. The van der Waals surface area contributed by atoms with E-state index in [0.29, 0.717) is 17.9 Å². The molecule has 0 heterocycles. The number of nitrogens with one attached hydrogen (secondary N) is 1. The van der Waals surface area contributed by atoms with Crippen molar-refractivity contribution in [1.29, 1.82) is 5.26 Å². The molecule has 0 radical (unpaired) electrons. The molecule has 0 aromatic heterocycles. The van der Waals surface area contributed by atoms with E-state index in [1.807, 2.05) is 6.07 Å². The van der Waals surface area contributed by atoms with E-state index in [1.54, 1.807) is 24.3 Å². The number of aliphatic hydroxyl groups excluding tert-OH is 1. The Hall–Kier alpha value is -2.01. The van der Waals surface area contributed by atoms with Crippen LogP contribution in [0.3, 0.4) is 0 Å². The van der Waals surface area contributed by atoms with E-state index in [-0.39, 0.29) is 6.61 Å². The molecule has 0 fully saturated rings. The van der Waals surface area contributed by atoms with Gasteiger partial charge in [-0.1, -0.05) is 6.07 Å². The number of nitriles is 1. The summed E-state index contributed by atoms with van der Waals surface area (Å²) in [5.74, 6) is 3.15. The Labute approximate surface area is 114 Å². The van der Waals surface area contributed by atoms with E-state index < -0.39 is 6.10 Å². The lowest BCUT2D eigenvalue weighted by atomic mass is 10.2. The summed E-state index contributed by atoms with van der Waals surface area (Å²) < 4.78 is 5.42. The van der Waals surface area contributed by atoms with Crippen LogP contribution in [0.2, 0.25) is 0 Å². The molecule has 0 amide bonds. The topological polar surface area (TPSA) is 65.3 Å². The molecule has 1 unspecified atom stereocenters. The van der Waals surface area contributed by atoms with Crippen molar-refractivity contribution in [1.82, 2.24) is 5.32 Å². The molecule has 0 aliphatic heterocycles. The van der Waals surface area contributed by atoms with Crippen LogP contribution in [0.15, 0.2) is 24.3 Å². The Kier molecular flexibility index (Phi) is 7.12.